The zero-order valence-corrected chi connectivity index (χ0v) is 16.7. The molecule has 1 N–H and O–H groups in total. The minimum Gasteiger partial charge on any atom is -0.353 e. The number of pyridine rings is 1. The molecule has 0 aliphatic rings. The predicted octanol–water partition coefficient (Wildman–Crippen LogP) is 3.99. The lowest BCUT2D eigenvalue weighted by atomic mass is 10.2. The first-order valence-corrected chi connectivity index (χ1v) is 9.98. The highest BCUT2D eigenvalue weighted by Gasteiger charge is 2.17. The van der Waals surface area contributed by atoms with E-state index in [0.29, 0.717) is 16.0 Å². The fraction of sp³-hybridized carbons (Fsp3) is 0.263. The van der Waals surface area contributed by atoms with E-state index in [4.69, 9.17) is 11.6 Å². The molecule has 6 nitrogen and oxygen atoms in total. The van der Waals surface area contributed by atoms with Crippen LogP contribution in [-0.2, 0) is 4.79 Å². The molecule has 3 aromatic rings. The molecule has 140 valence electrons. The van der Waals surface area contributed by atoms with Gasteiger partial charge in [-0.05, 0) is 49.7 Å². The molecule has 0 bridgehead atoms. The molecule has 0 aliphatic heterocycles. The summed E-state index contributed by atoms with van der Waals surface area (Å²) in [6.45, 7) is 4.02. The van der Waals surface area contributed by atoms with Crippen LogP contribution in [0.4, 0.5) is 0 Å². The first kappa shape index (κ1) is 19.4. The number of aromatic nitrogens is 4. The Morgan fingerprint density at radius 2 is 1.89 bits per heavy atom. The number of nitrogens with zero attached hydrogens (tertiary/aromatic N) is 4. The molecule has 8 heteroatoms. The fourth-order valence-corrected chi connectivity index (χ4v) is 3.31. The number of benzene rings is 1. The molecule has 0 fully saturated rings. The van der Waals surface area contributed by atoms with Crippen molar-refractivity contribution in [2.24, 2.45) is 0 Å². The Morgan fingerprint density at radius 1 is 1.19 bits per heavy atom. The van der Waals surface area contributed by atoms with Gasteiger partial charge in [0.2, 0.25) is 5.91 Å². The summed E-state index contributed by atoms with van der Waals surface area (Å²) in [5, 5.41) is 12.9. The van der Waals surface area contributed by atoms with Gasteiger partial charge in [0, 0.05) is 34.7 Å². The maximum atomic E-state index is 12.1. The number of nitrogens with one attached hydrogen (secondary N) is 1. The monoisotopic (exact) mass is 401 g/mol. The van der Waals surface area contributed by atoms with Crippen LogP contribution >= 0.6 is 23.4 Å². The second-order valence-corrected chi connectivity index (χ2v) is 7.40. The number of hydrogen-bond acceptors (Lipinski definition) is 5. The molecule has 2 heterocycles. The summed E-state index contributed by atoms with van der Waals surface area (Å²) in [5.41, 5.74) is 1.77. The largest absolute Gasteiger partial charge is 0.353 e. The van der Waals surface area contributed by atoms with E-state index in [9.17, 15) is 4.79 Å². The molecular formula is C19H20ClN5OS. The average molecular weight is 402 g/mol. The number of thioether (sulfide) groups is 1. The van der Waals surface area contributed by atoms with Gasteiger partial charge in [0.05, 0.1) is 5.75 Å². The lowest BCUT2D eigenvalue weighted by Crippen LogP contribution is -2.33. The van der Waals surface area contributed by atoms with Gasteiger partial charge in [0.25, 0.3) is 0 Å². The Labute approximate surface area is 167 Å². The molecule has 0 aliphatic carbocycles. The quantitative estimate of drug-likeness (QED) is 0.606. The zero-order valence-electron chi connectivity index (χ0n) is 15.1. The number of amides is 1. The normalized spacial score (nSPS) is 12.0. The maximum absolute atomic E-state index is 12.1. The van der Waals surface area contributed by atoms with Crippen LogP contribution < -0.4 is 5.32 Å². The van der Waals surface area contributed by atoms with Gasteiger partial charge in [-0.3, -0.25) is 14.3 Å². The standard InChI is InChI=1S/C19H20ClN5OS/c1-3-13(2)22-17(26)12-27-19-24-23-18(14-8-10-21-11-9-14)25(19)16-6-4-15(20)5-7-16/h4-11,13H,3,12H2,1-2H3,(H,22,26)/t13-/m1/s1. The van der Waals surface area contributed by atoms with Crippen molar-refractivity contribution >= 4 is 29.3 Å². The number of carbonyl (C=O) groups is 1. The molecular weight excluding hydrogens is 382 g/mol. The van der Waals surface area contributed by atoms with Crippen molar-refractivity contribution in [2.45, 2.75) is 31.5 Å². The van der Waals surface area contributed by atoms with Crippen LogP contribution in [0.25, 0.3) is 17.1 Å². The third-order valence-electron chi connectivity index (χ3n) is 4.01. The average Bonchev–Trinajstić information content (AvgIpc) is 3.11. The summed E-state index contributed by atoms with van der Waals surface area (Å²) in [7, 11) is 0. The molecule has 27 heavy (non-hydrogen) atoms. The Hall–Kier alpha value is -2.38. The number of carbonyl (C=O) groups excluding carboxylic acids is 1. The Morgan fingerprint density at radius 3 is 2.56 bits per heavy atom. The van der Waals surface area contributed by atoms with E-state index in [1.807, 2.05) is 54.8 Å². The molecule has 1 amide bonds. The number of hydrogen-bond donors (Lipinski definition) is 1. The second kappa shape index (κ2) is 9.01. The molecule has 1 atom stereocenters. The minimum absolute atomic E-state index is 0.0227. The summed E-state index contributed by atoms with van der Waals surface area (Å²) >= 11 is 7.38. The Balaban J connectivity index is 1.91. The van der Waals surface area contributed by atoms with Gasteiger partial charge in [0.15, 0.2) is 11.0 Å². The number of halogens is 1. The summed E-state index contributed by atoms with van der Waals surface area (Å²) in [6.07, 6.45) is 4.31. The van der Waals surface area contributed by atoms with Gasteiger partial charge in [-0.25, -0.2) is 0 Å². The van der Waals surface area contributed by atoms with Crippen molar-refractivity contribution in [1.29, 1.82) is 0 Å². The van der Waals surface area contributed by atoms with Crippen LogP contribution in [0.1, 0.15) is 20.3 Å². The van der Waals surface area contributed by atoms with Gasteiger partial charge in [0.1, 0.15) is 0 Å². The summed E-state index contributed by atoms with van der Waals surface area (Å²) < 4.78 is 1.92. The maximum Gasteiger partial charge on any atom is 0.230 e. The van der Waals surface area contributed by atoms with Crippen molar-refractivity contribution in [1.82, 2.24) is 25.1 Å². The van der Waals surface area contributed by atoms with Crippen molar-refractivity contribution in [3.8, 4) is 17.1 Å². The van der Waals surface area contributed by atoms with Gasteiger partial charge >= 0.3 is 0 Å². The van der Waals surface area contributed by atoms with Gasteiger partial charge in [-0.1, -0.05) is 30.3 Å². The van der Waals surface area contributed by atoms with Crippen LogP contribution in [0.2, 0.25) is 5.02 Å². The summed E-state index contributed by atoms with van der Waals surface area (Å²) in [5.74, 6) is 0.932. The van der Waals surface area contributed by atoms with Gasteiger partial charge in [-0.15, -0.1) is 10.2 Å². The molecule has 0 saturated heterocycles. The first-order chi connectivity index (χ1) is 13.1. The second-order valence-electron chi connectivity index (χ2n) is 6.02. The van der Waals surface area contributed by atoms with Crippen LogP contribution in [0.5, 0.6) is 0 Å². The fourth-order valence-electron chi connectivity index (χ4n) is 2.42. The van der Waals surface area contributed by atoms with Crippen molar-refractivity contribution < 1.29 is 4.79 Å². The third kappa shape index (κ3) is 4.87. The number of rotatable bonds is 7. The van der Waals surface area contributed by atoms with Crippen molar-refractivity contribution in [3.05, 3.63) is 53.8 Å². The third-order valence-corrected chi connectivity index (χ3v) is 5.19. The van der Waals surface area contributed by atoms with E-state index in [1.165, 1.54) is 11.8 Å². The van der Waals surface area contributed by atoms with Crippen molar-refractivity contribution in [2.75, 3.05) is 5.75 Å². The zero-order chi connectivity index (χ0) is 19.2. The highest BCUT2D eigenvalue weighted by Crippen LogP contribution is 2.28. The van der Waals surface area contributed by atoms with E-state index in [-0.39, 0.29) is 17.7 Å². The van der Waals surface area contributed by atoms with Crippen LogP contribution in [-0.4, -0.2) is 37.5 Å². The van der Waals surface area contributed by atoms with E-state index >= 15 is 0 Å². The van der Waals surface area contributed by atoms with E-state index < -0.39 is 0 Å². The SMILES string of the molecule is CC[C@@H](C)NC(=O)CSc1nnc(-c2ccncc2)n1-c1ccc(Cl)cc1. The van der Waals surface area contributed by atoms with E-state index in [0.717, 1.165) is 17.7 Å². The topological polar surface area (TPSA) is 72.7 Å². The Kier molecular flexibility index (Phi) is 6.47. The lowest BCUT2D eigenvalue weighted by molar-refractivity contribution is -0.119. The highest BCUT2D eigenvalue weighted by molar-refractivity contribution is 7.99. The first-order valence-electron chi connectivity index (χ1n) is 8.62. The molecule has 0 radical (unpaired) electrons. The molecule has 0 unspecified atom stereocenters. The van der Waals surface area contributed by atoms with E-state index in [2.05, 4.69) is 20.5 Å². The summed E-state index contributed by atoms with van der Waals surface area (Å²) in [6, 6.07) is 11.3. The van der Waals surface area contributed by atoms with Gasteiger partial charge < -0.3 is 5.32 Å². The molecule has 0 saturated carbocycles. The molecule has 2 aromatic heterocycles. The summed E-state index contributed by atoms with van der Waals surface area (Å²) in [4.78, 5) is 16.2. The molecule has 1 aromatic carbocycles. The minimum atomic E-state index is -0.0227. The Bertz CT molecular complexity index is 898. The lowest BCUT2D eigenvalue weighted by Gasteiger charge is -2.12. The van der Waals surface area contributed by atoms with Crippen LogP contribution in [0, 0.1) is 0 Å². The van der Waals surface area contributed by atoms with Crippen LogP contribution in [0.3, 0.4) is 0 Å². The molecule has 0 spiro atoms. The molecule has 3 rings (SSSR count). The van der Waals surface area contributed by atoms with Crippen molar-refractivity contribution in [3.63, 3.8) is 0 Å². The van der Waals surface area contributed by atoms with Crippen LogP contribution in [0.15, 0.2) is 53.9 Å². The smallest absolute Gasteiger partial charge is 0.230 e. The highest BCUT2D eigenvalue weighted by atomic mass is 35.5. The predicted molar refractivity (Wildman–Crippen MR) is 108 cm³/mol. The van der Waals surface area contributed by atoms with E-state index in [1.54, 1.807) is 12.4 Å². The van der Waals surface area contributed by atoms with Gasteiger partial charge in [-0.2, -0.15) is 0 Å².